The molecular formula is C8H8F2O. The summed E-state index contributed by atoms with van der Waals surface area (Å²) in [6.07, 6.45) is 0. The Labute approximate surface area is 63.3 Å². The van der Waals surface area contributed by atoms with Gasteiger partial charge in [-0.2, -0.15) is 0 Å². The smallest absolute Gasteiger partial charge is 0.129 e. The summed E-state index contributed by atoms with van der Waals surface area (Å²) in [5, 5.41) is 8.63. The van der Waals surface area contributed by atoms with Crippen LogP contribution in [0.3, 0.4) is 0 Å². The van der Waals surface area contributed by atoms with Gasteiger partial charge in [0.15, 0.2) is 0 Å². The minimum atomic E-state index is -0.655. The Bertz CT molecular complexity index is 271. The van der Waals surface area contributed by atoms with Gasteiger partial charge in [0.05, 0.1) is 6.61 Å². The molecular weight excluding hydrogens is 150 g/mol. The van der Waals surface area contributed by atoms with Crippen LogP contribution in [-0.4, -0.2) is 5.11 Å². The van der Waals surface area contributed by atoms with Gasteiger partial charge in [-0.15, -0.1) is 0 Å². The molecule has 0 aliphatic carbocycles. The molecule has 0 bridgehead atoms. The van der Waals surface area contributed by atoms with Gasteiger partial charge in [0.2, 0.25) is 0 Å². The Balaban J connectivity index is 3.24. The number of aliphatic hydroxyl groups is 1. The number of aliphatic hydroxyl groups excluding tert-OH is 1. The van der Waals surface area contributed by atoms with Gasteiger partial charge in [-0.1, -0.05) is 0 Å². The highest BCUT2D eigenvalue weighted by molar-refractivity contribution is 5.27. The maximum atomic E-state index is 12.7. The Morgan fingerprint density at radius 3 is 2.55 bits per heavy atom. The van der Waals surface area contributed by atoms with E-state index in [2.05, 4.69) is 0 Å². The summed E-state index contributed by atoms with van der Waals surface area (Å²) in [5.74, 6) is -1.27. The lowest BCUT2D eigenvalue weighted by Gasteiger charge is -2.02. The molecule has 0 aliphatic heterocycles. The molecule has 60 valence electrons. The normalized spacial score (nSPS) is 10.2. The molecule has 0 aliphatic rings. The highest BCUT2D eigenvalue weighted by Crippen LogP contribution is 2.14. The minimum Gasteiger partial charge on any atom is -0.392 e. The monoisotopic (exact) mass is 158 g/mol. The molecule has 0 saturated carbocycles. The maximum Gasteiger partial charge on any atom is 0.129 e. The van der Waals surface area contributed by atoms with Gasteiger partial charge < -0.3 is 5.11 Å². The molecule has 0 saturated heterocycles. The summed E-state index contributed by atoms with van der Waals surface area (Å²) in [6, 6.07) is 1.92. The molecule has 0 unspecified atom stereocenters. The van der Waals surface area contributed by atoms with Crippen molar-refractivity contribution in [2.24, 2.45) is 0 Å². The number of benzene rings is 1. The summed E-state index contributed by atoms with van der Waals surface area (Å²) < 4.78 is 25.1. The Hall–Kier alpha value is -0.960. The molecule has 0 atom stereocenters. The second kappa shape index (κ2) is 2.96. The van der Waals surface area contributed by atoms with Gasteiger partial charge in [-0.25, -0.2) is 8.78 Å². The van der Waals surface area contributed by atoms with Crippen LogP contribution < -0.4 is 0 Å². The SMILES string of the molecule is Cc1c(F)cc(F)cc1CO. The van der Waals surface area contributed by atoms with Crippen LogP contribution in [0.4, 0.5) is 8.78 Å². The predicted molar refractivity (Wildman–Crippen MR) is 37.0 cm³/mol. The molecule has 0 fully saturated rings. The average molecular weight is 158 g/mol. The van der Waals surface area contributed by atoms with E-state index in [9.17, 15) is 8.78 Å². The lowest BCUT2D eigenvalue weighted by atomic mass is 10.1. The molecule has 3 heteroatoms. The molecule has 0 amide bonds. The van der Waals surface area contributed by atoms with Crippen molar-refractivity contribution in [3.8, 4) is 0 Å². The van der Waals surface area contributed by atoms with Crippen molar-refractivity contribution in [1.29, 1.82) is 0 Å². The molecule has 1 aromatic carbocycles. The summed E-state index contributed by atoms with van der Waals surface area (Å²) in [4.78, 5) is 0. The van der Waals surface area contributed by atoms with E-state index in [0.29, 0.717) is 11.1 Å². The number of hydrogen-bond donors (Lipinski definition) is 1. The Kier molecular flexibility index (Phi) is 2.19. The highest BCUT2D eigenvalue weighted by atomic mass is 19.1. The van der Waals surface area contributed by atoms with Crippen LogP contribution in [-0.2, 0) is 6.61 Å². The summed E-state index contributed by atoms with van der Waals surface area (Å²) >= 11 is 0. The molecule has 1 N–H and O–H groups in total. The van der Waals surface area contributed by atoms with Crippen LogP contribution in [0.1, 0.15) is 11.1 Å². The van der Waals surface area contributed by atoms with Gasteiger partial charge in [0.25, 0.3) is 0 Å². The molecule has 1 nitrogen and oxygen atoms in total. The van der Waals surface area contributed by atoms with Crippen molar-refractivity contribution < 1.29 is 13.9 Å². The van der Waals surface area contributed by atoms with E-state index in [4.69, 9.17) is 5.11 Å². The van der Waals surface area contributed by atoms with E-state index in [1.54, 1.807) is 0 Å². The van der Waals surface area contributed by atoms with Crippen molar-refractivity contribution in [1.82, 2.24) is 0 Å². The molecule has 11 heavy (non-hydrogen) atoms. The standard InChI is InChI=1S/C8H8F2O/c1-5-6(4-11)2-7(9)3-8(5)10/h2-3,11H,4H2,1H3. The molecule has 0 heterocycles. The van der Waals surface area contributed by atoms with Crippen molar-refractivity contribution in [2.75, 3.05) is 0 Å². The second-order valence-electron chi connectivity index (χ2n) is 2.33. The zero-order valence-corrected chi connectivity index (χ0v) is 6.06. The Morgan fingerprint density at radius 1 is 1.36 bits per heavy atom. The molecule has 0 spiro atoms. The van der Waals surface area contributed by atoms with Crippen LogP contribution >= 0.6 is 0 Å². The van der Waals surface area contributed by atoms with Crippen LogP contribution in [0.2, 0.25) is 0 Å². The largest absolute Gasteiger partial charge is 0.392 e. The number of hydrogen-bond acceptors (Lipinski definition) is 1. The van der Waals surface area contributed by atoms with Gasteiger partial charge >= 0.3 is 0 Å². The van der Waals surface area contributed by atoms with Crippen LogP contribution in [0.5, 0.6) is 0 Å². The first kappa shape index (κ1) is 8.14. The lowest BCUT2D eigenvalue weighted by molar-refractivity contribution is 0.279. The fourth-order valence-corrected chi connectivity index (χ4v) is 0.863. The van der Waals surface area contributed by atoms with Crippen LogP contribution in [0, 0.1) is 18.6 Å². The molecule has 0 aromatic heterocycles. The van der Waals surface area contributed by atoms with E-state index in [0.717, 1.165) is 12.1 Å². The van der Waals surface area contributed by atoms with E-state index < -0.39 is 11.6 Å². The summed E-state index contributed by atoms with van der Waals surface area (Å²) in [5.41, 5.74) is 0.594. The van der Waals surface area contributed by atoms with Crippen molar-refractivity contribution in [3.05, 3.63) is 34.9 Å². The van der Waals surface area contributed by atoms with Gasteiger partial charge in [-0.05, 0) is 24.1 Å². The topological polar surface area (TPSA) is 20.2 Å². The van der Waals surface area contributed by atoms with Gasteiger partial charge in [-0.3, -0.25) is 0 Å². The minimum absolute atomic E-state index is 0.294. The first-order chi connectivity index (χ1) is 5.15. The van der Waals surface area contributed by atoms with Crippen molar-refractivity contribution in [3.63, 3.8) is 0 Å². The fourth-order valence-electron chi connectivity index (χ4n) is 0.863. The van der Waals surface area contributed by atoms with Crippen molar-refractivity contribution >= 4 is 0 Å². The molecule has 1 rings (SSSR count). The molecule has 1 aromatic rings. The number of halogens is 2. The lowest BCUT2D eigenvalue weighted by Crippen LogP contribution is -1.94. The van der Waals surface area contributed by atoms with E-state index >= 15 is 0 Å². The van der Waals surface area contributed by atoms with Gasteiger partial charge in [0.1, 0.15) is 11.6 Å². The third kappa shape index (κ3) is 1.54. The second-order valence-corrected chi connectivity index (χ2v) is 2.33. The highest BCUT2D eigenvalue weighted by Gasteiger charge is 2.05. The third-order valence-corrected chi connectivity index (χ3v) is 1.59. The Morgan fingerprint density at radius 2 is 2.00 bits per heavy atom. The summed E-state index contributed by atoms with van der Waals surface area (Å²) in [6.45, 7) is 1.17. The van der Waals surface area contributed by atoms with E-state index in [1.165, 1.54) is 6.92 Å². The first-order valence-electron chi connectivity index (χ1n) is 3.20. The predicted octanol–water partition coefficient (Wildman–Crippen LogP) is 1.77. The third-order valence-electron chi connectivity index (χ3n) is 1.59. The zero-order chi connectivity index (χ0) is 8.43. The van der Waals surface area contributed by atoms with E-state index in [-0.39, 0.29) is 6.61 Å². The molecule has 0 radical (unpaired) electrons. The summed E-state index contributed by atoms with van der Waals surface area (Å²) in [7, 11) is 0. The zero-order valence-electron chi connectivity index (χ0n) is 6.06. The van der Waals surface area contributed by atoms with Crippen LogP contribution in [0.15, 0.2) is 12.1 Å². The van der Waals surface area contributed by atoms with Gasteiger partial charge in [0, 0.05) is 6.07 Å². The van der Waals surface area contributed by atoms with Crippen molar-refractivity contribution in [2.45, 2.75) is 13.5 Å². The first-order valence-corrected chi connectivity index (χ1v) is 3.20. The van der Waals surface area contributed by atoms with Crippen LogP contribution in [0.25, 0.3) is 0 Å². The quantitative estimate of drug-likeness (QED) is 0.660. The fraction of sp³-hybridized carbons (Fsp3) is 0.250. The average Bonchev–Trinajstić information content (AvgIpc) is 1.96. The number of rotatable bonds is 1. The maximum absolute atomic E-state index is 12.7. The van der Waals surface area contributed by atoms with E-state index in [1.807, 2.05) is 0 Å².